The molecular formula is C25H31NO5. The molecule has 2 aliphatic carbocycles. The summed E-state index contributed by atoms with van der Waals surface area (Å²) in [5.74, 6) is -0.479. The van der Waals surface area contributed by atoms with E-state index in [0.717, 1.165) is 24.1 Å². The highest BCUT2D eigenvalue weighted by atomic mass is 16.5. The van der Waals surface area contributed by atoms with Gasteiger partial charge in [-0.1, -0.05) is 26.0 Å². The molecule has 0 amide bonds. The molecule has 2 bridgehead atoms. The van der Waals surface area contributed by atoms with Gasteiger partial charge in [0.2, 0.25) is 5.60 Å². The predicted molar refractivity (Wildman–Crippen MR) is 115 cm³/mol. The predicted octanol–water partition coefficient (Wildman–Crippen LogP) is 2.68. The van der Waals surface area contributed by atoms with Gasteiger partial charge >= 0.3 is 0 Å². The number of Topliss-reactive ketones (excluding diaryl/α,β-unsaturated/α-hetero) is 2. The summed E-state index contributed by atoms with van der Waals surface area (Å²) in [5, 5.41) is 22.8. The molecule has 0 aromatic heterocycles. The number of hydrogen-bond donors (Lipinski definition) is 2. The third-order valence-corrected chi connectivity index (χ3v) is 8.24. The standard InChI is InChI=1S/C25H31NO5/c1-4-6-19(28)24(30)11-10-16-17-14-15-8-9-18(27)22-21(15)23(16,12-13-26(17)3)25(24,31-22)20(29)7-5-2/h8-11,16-17,27,30H,4-7,12-14H2,1-3H3/t16-,17+,23-,24+,25+/m0/s1. The number of aromatic hydroxyl groups is 1. The minimum Gasteiger partial charge on any atom is -0.504 e. The van der Waals surface area contributed by atoms with Crippen molar-refractivity contribution in [1.29, 1.82) is 0 Å². The van der Waals surface area contributed by atoms with Crippen molar-refractivity contribution in [3.8, 4) is 11.5 Å². The van der Waals surface area contributed by atoms with Crippen molar-refractivity contribution < 1.29 is 24.5 Å². The lowest BCUT2D eigenvalue weighted by Crippen LogP contribution is -2.79. The van der Waals surface area contributed by atoms with Crippen molar-refractivity contribution in [2.75, 3.05) is 13.6 Å². The second kappa shape index (κ2) is 6.66. The van der Waals surface area contributed by atoms with E-state index in [1.54, 1.807) is 12.1 Å². The maximum absolute atomic E-state index is 14.0. The Labute approximate surface area is 182 Å². The maximum Gasteiger partial charge on any atom is 0.216 e. The van der Waals surface area contributed by atoms with E-state index in [9.17, 15) is 19.8 Å². The van der Waals surface area contributed by atoms with Crippen LogP contribution in [0.3, 0.4) is 0 Å². The molecule has 0 saturated carbocycles. The average Bonchev–Trinajstić information content (AvgIpc) is 3.07. The van der Waals surface area contributed by atoms with E-state index in [1.165, 1.54) is 0 Å². The number of rotatable bonds is 6. The van der Waals surface area contributed by atoms with Gasteiger partial charge in [-0.05, 0) is 57.0 Å². The largest absolute Gasteiger partial charge is 0.504 e. The molecule has 6 nitrogen and oxygen atoms in total. The molecule has 1 aromatic rings. The third kappa shape index (κ3) is 2.20. The van der Waals surface area contributed by atoms with E-state index in [2.05, 4.69) is 11.9 Å². The molecule has 0 radical (unpaired) electrons. The van der Waals surface area contributed by atoms with E-state index in [-0.39, 0.29) is 42.1 Å². The Morgan fingerprint density at radius 2 is 1.90 bits per heavy atom. The highest BCUT2D eigenvalue weighted by molar-refractivity contribution is 6.04. The molecule has 2 N–H and O–H groups in total. The van der Waals surface area contributed by atoms with Crippen molar-refractivity contribution >= 4 is 11.6 Å². The molecule has 166 valence electrons. The van der Waals surface area contributed by atoms with Crippen LogP contribution in [0.15, 0.2) is 24.3 Å². The van der Waals surface area contributed by atoms with Crippen LogP contribution in [0, 0.1) is 5.92 Å². The van der Waals surface area contributed by atoms with E-state index in [0.29, 0.717) is 19.3 Å². The lowest BCUT2D eigenvalue weighted by atomic mass is 9.44. The highest BCUT2D eigenvalue weighted by Gasteiger charge is 2.80. The Morgan fingerprint density at radius 1 is 1.19 bits per heavy atom. The van der Waals surface area contributed by atoms with Crippen LogP contribution in [0.25, 0.3) is 0 Å². The van der Waals surface area contributed by atoms with Gasteiger partial charge in [-0.15, -0.1) is 0 Å². The van der Waals surface area contributed by atoms with Gasteiger partial charge in [0.25, 0.3) is 0 Å². The normalized spacial score (nSPS) is 37.3. The monoisotopic (exact) mass is 425 g/mol. The fraction of sp³-hybridized carbons (Fsp3) is 0.600. The van der Waals surface area contributed by atoms with Gasteiger partial charge in [-0.25, -0.2) is 0 Å². The Kier molecular flexibility index (Phi) is 4.45. The summed E-state index contributed by atoms with van der Waals surface area (Å²) in [6.07, 6.45) is 6.37. The summed E-state index contributed by atoms with van der Waals surface area (Å²) >= 11 is 0. The van der Waals surface area contributed by atoms with Crippen molar-refractivity contribution in [3.05, 3.63) is 35.4 Å². The Bertz CT molecular complexity index is 1000. The topological polar surface area (TPSA) is 87.1 Å². The molecule has 5 atom stereocenters. The van der Waals surface area contributed by atoms with Crippen LogP contribution in [0.4, 0.5) is 0 Å². The number of ketones is 2. The number of likely N-dealkylation sites (tertiary alicyclic amines) is 1. The molecule has 5 rings (SSSR count). The average molecular weight is 426 g/mol. The van der Waals surface area contributed by atoms with Crippen LogP contribution < -0.4 is 4.74 Å². The van der Waals surface area contributed by atoms with Gasteiger partial charge in [0.05, 0.1) is 5.41 Å². The molecule has 2 heterocycles. The first-order valence-corrected chi connectivity index (χ1v) is 11.5. The number of piperidine rings is 1. The Hall–Kier alpha value is -2.18. The van der Waals surface area contributed by atoms with Crippen LogP contribution in [-0.4, -0.2) is 57.5 Å². The van der Waals surface area contributed by atoms with Crippen LogP contribution in [0.2, 0.25) is 0 Å². The van der Waals surface area contributed by atoms with Gasteiger partial charge in [0, 0.05) is 30.4 Å². The summed E-state index contributed by atoms with van der Waals surface area (Å²) in [5.41, 5.74) is -2.82. The second-order valence-corrected chi connectivity index (χ2v) is 9.70. The highest BCUT2D eigenvalue weighted by Crippen LogP contribution is 2.68. The van der Waals surface area contributed by atoms with Crippen molar-refractivity contribution in [1.82, 2.24) is 4.90 Å². The number of phenols is 1. The molecule has 1 aromatic carbocycles. The van der Waals surface area contributed by atoms with Gasteiger partial charge < -0.3 is 19.8 Å². The summed E-state index contributed by atoms with van der Waals surface area (Å²) in [6.45, 7) is 4.53. The molecule has 2 aliphatic heterocycles. The van der Waals surface area contributed by atoms with E-state index in [4.69, 9.17) is 4.74 Å². The quantitative estimate of drug-likeness (QED) is 0.682. The lowest BCUT2D eigenvalue weighted by Gasteiger charge is -2.62. The number of ether oxygens (including phenoxy) is 1. The smallest absolute Gasteiger partial charge is 0.216 e. The molecular weight excluding hydrogens is 394 g/mol. The first-order valence-electron chi connectivity index (χ1n) is 11.5. The minimum atomic E-state index is -2.06. The van der Waals surface area contributed by atoms with E-state index in [1.807, 2.05) is 26.0 Å². The summed E-state index contributed by atoms with van der Waals surface area (Å²) in [7, 11) is 2.09. The molecule has 0 unspecified atom stereocenters. The van der Waals surface area contributed by atoms with Gasteiger partial charge in [0.1, 0.15) is 0 Å². The zero-order valence-electron chi connectivity index (χ0n) is 18.5. The van der Waals surface area contributed by atoms with Gasteiger partial charge in [0.15, 0.2) is 28.7 Å². The number of phenolic OH excluding ortho intramolecular Hbond substituents is 1. The second-order valence-electron chi connectivity index (χ2n) is 9.70. The number of carbonyl (C=O) groups is 2. The zero-order chi connectivity index (χ0) is 22.2. The number of benzene rings is 1. The van der Waals surface area contributed by atoms with Crippen LogP contribution >= 0.6 is 0 Å². The van der Waals surface area contributed by atoms with E-state index < -0.39 is 22.4 Å². The molecule has 1 saturated heterocycles. The number of aliphatic hydroxyl groups is 1. The molecule has 31 heavy (non-hydrogen) atoms. The van der Waals surface area contributed by atoms with Crippen molar-refractivity contribution in [3.63, 3.8) is 0 Å². The van der Waals surface area contributed by atoms with E-state index >= 15 is 0 Å². The van der Waals surface area contributed by atoms with Crippen LogP contribution in [-0.2, 0) is 21.4 Å². The summed E-state index contributed by atoms with van der Waals surface area (Å²) in [6, 6.07) is 3.65. The molecule has 1 spiro atoms. The van der Waals surface area contributed by atoms with Crippen LogP contribution in [0.5, 0.6) is 11.5 Å². The molecule has 6 heteroatoms. The first kappa shape index (κ1) is 20.7. The number of nitrogens with zero attached hydrogens (tertiary/aromatic N) is 1. The number of hydrogen-bond acceptors (Lipinski definition) is 6. The third-order valence-electron chi connectivity index (χ3n) is 8.24. The Morgan fingerprint density at radius 3 is 2.61 bits per heavy atom. The van der Waals surface area contributed by atoms with Gasteiger partial charge in [-0.2, -0.15) is 0 Å². The van der Waals surface area contributed by atoms with Crippen molar-refractivity contribution in [2.24, 2.45) is 5.92 Å². The van der Waals surface area contributed by atoms with Gasteiger partial charge in [-0.3, -0.25) is 9.59 Å². The SMILES string of the molecule is CCCC(=O)[C@@]12Oc3c(O)ccc4c3[C@@]13CCN(C)[C@H](C4)[C@@H]3C=C[C@@]2(O)C(=O)CCC. The number of likely N-dealkylation sites (N-methyl/N-ethyl adjacent to an activating group) is 1. The first-order chi connectivity index (χ1) is 14.8. The fourth-order valence-electron chi connectivity index (χ4n) is 6.99. The molecule has 1 fully saturated rings. The maximum atomic E-state index is 14.0. The Balaban J connectivity index is 1.88. The number of carbonyl (C=O) groups excluding carboxylic acids is 2. The van der Waals surface area contributed by atoms with Crippen molar-refractivity contribution in [2.45, 2.75) is 75.0 Å². The van der Waals surface area contributed by atoms with Crippen LogP contribution in [0.1, 0.15) is 57.1 Å². The summed E-state index contributed by atoms with van der Waals surface area (Å²) in [4.78, 5) is 29.7. The summed E-state index contributed by atoms with van der Waals surface area (Å²) < 4.78 is 6.49. The minimum absolute atomic E-state index is 0.0346. The zero-order valence-corrected chi connectivity index (χ0v) is 18.5. The lowest BCUT2D eigenvalue weighted by molar-refractivity contribution is -0.190. The fourth-order valence-corrected chi connectivity index (χ4v) is 6.99. The molecule has 4 aliphatic rings.